The highest BCUT2D eigenvalue weighted by Crippen LogP contribution is 2.30. The lowest BCUT2D eigenvalue weighted by Gasteiger charge is -2.27. The molecule has 3 heterocycles. The summed E-state index contributed by atoms with van der Waals surface area (Å²) < 4.78 is 5.89. The van der Waals surface area contributed by atoms with E-state index in [1.54, 1.807) is 18.5 Å². The first-order valence-electron chi connectivity index (χ1n) is 18.0. The summed E-state index contributed by atoms with van der Waals surface area (Å²) in [4.78, 5) is 51.3. The van der Waals surface area contributed by atoms with E-state index in [9.17, 15) is 24.8 Å². The van der Waals surface area contributed by atoms with Crippen molar-refractivity contribution in [1.29, 1.82) is 5.26 Å². The number of rotatable bonds is 15. The van der Waals surface area contributed by atoms with Gasteiger partial charge in [0.15, 0.2) is 5.82 Å². The van der Waals surface area contributed by atoms with Crippen LogP contribution in [0, 0.1) is 17.2 Å². The van der Waals surface area contributed by atoms with Gasteiger partial charge < -0.3 is 20.1 Å². The summed E-state index contributed by atoms with van der Waals surface area (Å²) in [6.45, 7) is 9.10. The average Bonchev–Trinajstić information content (AvgIpc) is 3.83. The van der Waals surface area contributed by atoms with Crippen molar-refractivity contribution in [2.45, 2.75) is 90.1 Å². The quantitative estimate of drug-likeness (QED) is 0.119. The number of benzene rings is 2. The molecule has 11 heteroatoms. The second kappa shape index (κ2) is 17.4. The number of thiophene rings is 1. The van der Waals surface area contributed by atoms with Crippen molar-refractivity contribution in [3.05, 3.63) is 88.4 Å². The Morgan fingerprint density at radius 1 is 0.962 bits per heavy atom. The molecule has 4 aromatic rings. The van der Waals surface area contributed by atoms with Crippen LogP contribution in [0.5, 0.6) is 5.75 Å². The Kier molecular flexibility index (Phi) is 12.8. The largest absolute Gasteiger partial charge is 0.494 e. The molecular weight excluding hydrogens is 675 g/mol. The second-order valence-electron chi connectivity index (χ2n) is 14.3. The van der Waals surface area contributed by atoms with Gasteiger partial charge in [0, 0.05) is 41.4 Å². The van der Waals surface area contributed by atoms with Crippen molar-refractivity contribution < 1.29 is 24.2 Å². The summed E-state index contributed by atoms with van der Waals surface area (Å²) in [6.07, 6.45) is 9.71. The molecule has 1 saturated heterocycles. The van der Waals surface area contributed by atoms with Crippen molar-refractivity contribution in [3.8, 4) is 34.3 Å². The van der Waals surface area contributed by atoms with Gasteiger partial charge in [-0.25, -0.2) is 14.8 Å². The number of unbranched alkanes of at least 4 members (excludes halogenated alkanes) is 4. The lowest BCUT2D eigenvalue weighted by molar-refractivity contribution is -0.148. The summed E-state index contributed by atoms with van der Waals surface area (Å²) in [5.41, 5.74) is 3.25. The average molecular weight is 722 g/mol. The zero-order chi connectivity index (χ0) is 37.3. The van der Waals surface area contributed by atoms with Gasteiger partial charge in [0.05, 0.1) is 23.5 Å². The number of carbonyl (C=O) groups is 3. The molecule has 3 atom stereocenters. The number of amides is 2. The van der Waals surface area contributed by atoms with E-state index in [0.29, 0.717) is 17.3 Å². The van der Waals surface area contributed by atoms with Gasteiger partial charge >= 0.3 is 5.97 Å². The fourth-order valence-corrected chi connectivity index (χ4v) is 7.16. The van der Waals surface area contributed by atoms with E-state index in [4.69, 9.17) is 4.74 Å². The van der Waals surface area contributed by atoms with Crippen LogP contribution < -0.4 is 10.1 Å². The highest BCUT2D eigenvalue weighted by Gasteiger charge is 2.42. The minimum absolute atomic E-state index is 0.00473. The maximum atomic E-state index is 13.9. The van der Waals surface area contributed by atoms with E-state index in [2.05, 4.69) is 49.0 Å². The van der Waals surface area contributed by atoms with Crippen molar-refractivity contribution in [2.75, 3.05) is 13.2 Å². The normalized spacial score (nSPS) is 16.2. The Hall–Kier alpha value is -5.08. The van der Waals surface area contributed by atoms with Crippen LogP contribution in [-0.2, 0) is 21.4 Å². The van der Waals surface area contributed by atoms with E-state index in [1.807, 2.05) is 54.6 Å². The first kappa shape index (κ1) is 38.2. The van der Waals surface area contributed by atoms with Crippen molar-refractivity contribution in [2.24, 2.45) is 5.92 Å². The van der Waals surface area contributed by atoms with Gasteiger partial charge in [-0.1, -0.05) is 89.8 Å². The molecule has 1 fully saturated rings. The third-order valence-corrected chi connectivity index (χ3v) is 10.7. The summed E-state index contributed by atoms with van der Waals surface area (Å²) >= 11 is 1.36. The van der Waals surface area contributed by atoms with Crippen LogP contribution in [0.2, 0.25) is 0 Å². The number of carboxylic acids is 1. The van der Waals surface area contributed by atoms with Crippen LogP contribution in [0.15, 0.2) is 73.1 Å². The van der Waals surface area contributed by atoms with Gasteiger partial charge in [0.2, 0.25) is 5.91 Å². The second-order valence-corrected chi connectivity index (χ2v) is 15.4. The first-order valence-corrected chi connectivity index (χ1v) is 18.8. The van der Waals surface area contributed by atoms with Crippen LogP contribution in [-0.4, -0.2) is 63.0 Å². The monoisotopic (exact) mass is 721 g/mol. The maximum absolute atomic E-state index is 13.9. The van der Waals surface area contributed by atoms with E-state index in [-0.39, 0.29) is 24.8 Å². The standard InChI is InChI=1S/C41H47N5O5S/c1-5-6-7-8-9-20-51-32-16-14-29(15-17-32)31-24-43-37(44-25-31)30-12-10-27(11-13-30)21-33(39(48)46-26-28(23-42)22-34(46)40(49)50)45-38(47)35-18-19-36(52-35)41(2,3)4/h10-19,24-25,28,33-34H,5-9,20-22,26H2,1-4H3,(H,45,47)(H,49,50)/t28-,33-,34-/m0/s1. The fourth-order valence-electron chi connectivity index (χ4n) is 6.19. The minimum Gasteiger partial charge on any atom is -0.494 e. The Balaban J connectivity index is 1.27. The Morgan fingerprint density at radius 3 is 2.25 bits per heavy atom. The van der Waals surface area contributed by atoms with Crippen LogP contribution in [0.3, 0.4) is 0 Å². The van der Waals surface area contributed by atoms with Crippen molar-refractivity contribution >= 4 is 29.1 Å². The molecule has 5 rings (SSSR count). The number of aromatic nitrogens is 2. The van der Waals surface area contributed by atoms with E-state index in [1.165, 1.54) is 41.9 Å². The third kappa shape index (κ3) is 9.82. The maximum Gasteiger partial charge on any atom is 0.326 e. The number of nitrogens with one attached hydrogen (secondary N) is 1. The SMILES string of the molecule is CCCCCCCOc1ccc(-c2cnc(-c3ccc(C[C@H](NC(=O)c4ccc(C(C)(C)C)s4)C(=O)N4C[C@H](C#N)C[C@H]4C(=O)O)cc3)nc2)cc1. The molecule has 0 unspecified atom stereocenters. The Morgan fingerprint density at radius 2 is 1.63 bits per heavy atom. The van der Waals surface area contributed by atoms with Gasteiger partial charge in [-0.15, -0.1) is 11.3 Å². The summed E-state index contributed by atoms with van der Waals surface area (Å²) in [6, 6.07) is 18.9. The van der Waals surface area contributed by atoms with Gasteiger partial charge in [-0.2, -0.15) is 5.26 Å². The molecule has 0 radical (unpaired) electrons. The highest BCUT2D eigenvalue weighted by molar-refractivity contribution is 7.14. The molecule has 0 aliphatic carbocycles. The lowest BCUT2D eigenvalue weighted by Crippen LogP contribution is -2.52. The number of hydrogen-bond acceptors (Lipinski definition) is 8. The molecule has 0 bridgehead atoms. The molecular formula is C41H47N5O5S. The molecule has 272 valence electrons. The fraction of sp³-hybridized carbons (Fsp3) is 0.415. The molecule has 52 heavy (non-hydrogen) atoms. The van der Waals surface area contributed by atoms with E-state index < -0.39 is 35.8 Å². The topological polar surface area (TPSA) is 146 Å². The zero-order valence-corrected chi connectivity index (χ0v) is 31.1. The number of carboxylic acid groups (broad SMARTS) is 1. The minimum atomic E-state index is -1.17. The van der Waals surface area contributed by atoms with Gasteiger partial charge in [0.25, 0.3) is 5.91 Å². The number of nitriles is 1. The van der Waals surface area contributed by atoms with E-state index in [0.717, 1.165) is 39.3 Å². The van der Waals surface area contributed by atoms with Gasteiger partial charge in [-0.05, 0) is 53.6 Å². The number of aliphatic carboxylic acids is 1. The molecule has 0 saturated carbocycles. The summed E-state index contributed by atoms with van der Waals surface area (Å²) in [5, 5.41) is 22.2. The molecule has 0 spiro atoms. The predicted molar refractivity (Wildman–Crippen MR) is 202 cm³/mol. The number of carbonyl (C=O) groups excluding carboxylic acids is 2. The molecule has 2 aromatic carbocycles. The van der Waals surface area contributed by atoms with Crippen LogP contribution in [0.4, 0.5) is 0 Å². The van der Waals surface area contributed by atoms with E-state index >= 15 is 0 Å². The first-order chi connectivity index (χ1) is 25.0. The Bertz CT molecular complexity index is 1860. The van der Waals surface area contributed by atoms with Gasteiger partial charge in [-0.3, -0.25) is 9.59 Å². The molecule has 2 aromatic heterocycles. The highest BCUT2D eigenvalue weighted by atomic mass is 32.1. The van der Waals surface area contributed by atoms with Crippen LogP contribution >= 0.6 is 11.3 Å². The smallest absolute Gasteiger partial charge is 0.326 e. The number of ether oxygens (including phenoxy) is 1. The summed E-state index contributed by atoms with van der Waals surface area (Å²) in [5.74, 6) is -1.33. The molecule has 10 nitrogen and oxygen atoms in total. The lowest BCUT2D eigenvalue weighted by atomic mass is 9.95. The molecule has 2 N–H and O–H groups in total. The molecule has 2 amide bonds. The molecule has 1 aliphatic rings. The van der Waals surface area contributed by atoms with Gasteiger partial charge in [0.1, 0.15) is 17.8 Å². The number of likely N-dealkylation sites (tertiary alicyclic amines) is 1. The van der Waals surface area contributed by atoms with Crippen molar-refractivity contribution in [1.82, 2.24) is 20.2 Å². The third-order valence-electron chi connectivity index (χ3n) is 9.23. The number of hydrogen-bond donors (Lipinski definition) is 2. The Labute approximate surface area is 309 Å². The molecule has 1 aliphatic heterocycles. The zero-order valence-electron chi connectivity index (χ0n) is 30.3. The van der Waals surface area contributed by atoms with Crippen LogP contribution in [0.25, 0.3) is 22.5 Å². The summed E-state index contributed by atoms with van der Waals surface area (Å²) in [7, 11) is 0. The number of nitrogens with zero attached hydrogens (tertiary/aromatic N) is 4. The predicted octanol–water partition coefficient (Wildman–Crippen LogP) is 7.69. The van der Waals surface area contributed by atoms with Crippen molar-refractivity contribution in [3.63, 3.8) is 0 Å². The van der Waals surface area contributed by atoms with Crippen LogP contribution in [0.1, 0.15) is 86.3 Å².